The molecule has 1 N–H and O–H groups in total. The number of hydrogen-bond donors (Lipinski definition) is 1. The summed E-state index contributed by atoms with van der Waals surface area (Å²) in [4.78, 5) is 10.8. The molecule has 1 aromatic heterocycles. The lowest BCUT2D eigenvalue weighted by Crippen LogP contribution is -2.15. The van der Waals surface area contributed by atoms with Gasteiger partial charge in [-0.1, -0.05) is 5.21 Å². The second kappa shape index (κ2) is 5.72. The quantitative estimate of drug-likeness (QED) is 0.725. The van der Waals surface area contributed by atoms with E-state index in [4.69, 9.17) is 9.84 Å². The summed E-state index contributed by atoms with van der Waals surface area (Å²) in [7, 11) is 1.56. The molecule has 0 saturated heterocycles. The van der Waals surface area contributed by atoms with Crippen LogP contribution in [0.5, 0.6) is 0 Å². The molecule has 0 aliphatic rings. The Labute approximate surface area is 94.2 Å². The Morgan fingerprint density at radius 3 is 2.75 bits per heavy atom. The molecule has 90 valence electrons. The molecule has 0 spiro atoms. The molecule has 2 atom stereocenters. The predicted molar refractivity (Wildman–Crippen MR) is 57.2 cm³/mol. The van der Waals surface area contributed by atoms with Crippen LogP contribution >= 0.6 is 0 Å². The molecule has 0 bridgehead atoms. The van der Waals surface area contributed by atoms with Crippen molar-refractivity contribution in [2.75, 3.05) is 13.7 Å². The van der Waals surface area contributed by atoms with Gasteiger partial charge in [-0.05, 0) is 20.3 Å². The first-order chi connectivity index (χ1) is 7.65. The molecule has 0 aromatic carbocycles. The number of aldehydes is 1. The van der Waals surface area contributed by atoms with Crippen LogP contribution in [-0.4, -0.2) is 40.1 Å². The molecule has 0 saturated carbocycles. The molecule has 2 unspecified atom stereocenters. The maximum atomic E-state index is 10.8. The van der Waals surface area contributed by atoms with Crippen LogP contribution in [0.15, 0.2) is 0 Å². The summed E-state index contributed by atoms with van der Waals surface area (Å²) in [6.45, 7) is 3.80. The second-order valence-electron chi connectivity index (χ2n) is 3.66. The third-order valence-corrected chi connectivity index (χ3v) is 2.57. The van der Waals surface area contributed by atoms with Gasteiger partial charge in [0.05, 0.1) is 17.8 Å². The van der Waals surface area contributed by atoms with Crippen molar-refractivity contribution in [3.63, 3.8) is 0 Å². The number of methoxy groups -OCH3 is 1. The Morgan fingerprint density at radius 2 is 2.25 bits per heavy atom. The topological polar surface area (TPSA) is 77.2 Å². The summed E-state index contributed by atoms with van der Waals surface area (Å²) in [5.74, 6) is 0. The van der Waals surface area contributed by atoms with E-state index in [0.29, 0.717) is 24.1 Å². The second-order valence-corrected chi connectivity index (χ2v) is 3.66. The van der Waals surface area contributed by atoms with Crippen LogP contribution in [0, 0.1) is 0 Å². The van der Waals surface area contributed by atoms with Crippen LogP contribution in [0.2, 0.25) is 0 Å². The molecular weight excluding hydrogens is 210 g/mol. The van der Waals surface area contributed by atoms with E-state index in [0.717, 1.165) is 0 Å². The van der Waals surface area contributed by atoms with E-state index >= 15 is 0 Å². The lowest BCUT2D eigenvalue weighted by molar-refractivity contribution is 0.103. The number of carbonyl (C=O) groups is 1. The van der Waals surface area contributed by atoms with Gasteiger partial charge in [-0.25, -0.2) is 4.68 Å². The van der Waals surface area contributed by atoms with Crippen LogP contribution in [0.3, 0.4) is 0 Å². The van der Waals surface area contributed by atoms with Crippen molar-refractivity contribution in [3.8, 4) is 0 Å². The SMILES string of the molecule is COC(C)c1c(C=O)nnn1C(C)CCO. The van der Waals surface area contributed by atoms with E-state index in [-0.39, 0.29) is 18.8 Å². The highest BCUT2D eigenvalue weighted by molar-refractivity contribution is 5.73. The van der Waals surface area contributed by atoms with Gasteiger partial charge < -0.3 is 9.84 Å². The molecule has 0 aliphatic carbocycles. The minimum atomic E-state index is -0.253. The average molecular weight is 227 g/mol. The normalized spacial score (nSPS) is 14.8. The first kappa shape index (κ1) is 12.8. The van der Waals surface area contributed by atoms with Gasteiger partial charge in [0.1, 0.15) is 0 Å². The van der Waals surface area contributed by atoms with Gasteiger partial charge in [0.2, 0.25) is 0 Å². The molecule has 6 heteroatoms. The van der Waals surface area contributed by atoms with Crippen molar-refractivity contribution in [2.24, 2.45) is 0 Å². The summed E-state index contributed by atoms with van der Waals surface area (Å²) in [6.07, 6.45) is 0.974. The van der Waals surface area contributed by atoms with Crippen molar-refractivity contribution in [2.45, 2.75) is 32.4 Å². The first-order valence-corrected chi connectivity index (χ1v) is 5.19. The Morgan fingerprint density at radius 1 is 1.56 bits per heavy atom. The van der Waals surface area contributed by atoms with Gasteiger partial charge in [-0.15, -0.1) is 5.10 Å². The molecule has 1 aromatic rings. The molecule has 0 amide bonds. The maximum absolute atomic E-state index is 10.8. The van der Waals surface area contributed by atoms with E-state index in [2.05, 4.69) is 10.3 Å². The van der Waals surface area contributed by atoms with Crippen molar-refractivity contribution in [3.05, 3.63) is 11.4 Å². The fourth-order valence-electron chi connectivity index (χ4n) is 1.54. The molecule has 0 aliphatic heterocycles. The smallest absolute Gasteiger partial charge is 0.172 e. The standard InChI is InChI=1S/C10H17N3O3/c1-7(4-5-14)13-10(8(2)16-3)9(6-15)11-12-13/h6-8,14H,4-5H2,1-3H3. The number of aliphatic hydroxyl groups excluding tert-OH is 1. The highest BCUT2D eigenvalue weighted by atomic mass is 16.5. The van der Waals surface area contributed by atoms with Gasteiger partial charge in [0.25, 0.3) is 0 Å². The zero-order chi connectivity index (χ0) is 12.1. The van der Waals surface area contributed by atoms with Gasteiger partial charge in [-0.2, -0.15) is 0 Å². The maximum Gasteiger partial charge on any atom is 0.172 e. The lowest BCUT2D eigenvalue weighted by Gasteiger charge is -2.17. The van der Waals surface area contributed by atoms with Gasteiger partial charge in [0, 0.05) is 13.7 Å². The average Bonchev–Trinajstić information content (AvgIpc) is 2.71. The van der Waals surface area contributed by atoms with Gasteiger partial charge >= 0.3 is 0 Å². The third-order valence-electron chi connectivity index (χ3n) is 2.57. The fraction of sp³-hybridized carbons (Fsp3) is 0.700. The van der Waals surface area contributed by atoms with Crippen LogP contribution in [-0.2, 0) is 4.74 Å². The summed E-state index contributed by atoms with van der Waals surface area (Å²) >= 11 is 0. The molecular formula is C10H17N3O3. The molecule has 16 heavy (non-hydrogen) atoms. The van der Waals surface area contributed by atoms with Gasteiger partial charge in [-0.3, -0.25) is 4.79 Å². The highest BCUT2D eigenvalue weighted by Gasteiger charge is 2.21. The first-order valence-electron chi connectivity index (χ1n) is 5.19. The number of ether oxygens (including phenoxy) is 1. The summed E-state index contributed by atoms with van der Waals surface area (Å²) in [5, 5.41) is 16.6. The molecule has 0 fully saturated rings. The molecule has 6 nitrogen and oxygen atoms in total. The van der Waals surface area contributed by atoms with Crippen molar-refractivity contribution in [1.29, 1.82) is 0 Å². The van der Waals surface area contributed by atoms with Crippen LogP contribution < -0.4 is 0 Å². The number of hydrogen-bond acceptors (Lipinski definition) is 5. The number of aliphatic hydroxyl groups is 1. The van der Waals surface area contributed by atoms with Crippen molar-refractivity contribution < 1.29 is 14.6 Å². The highest BCUT2D eigenvalue weighted by Crippen LogP contribution is 2.22. The van der Waals surface area contributed by atoms with Crippen LogP contribution in [0.25, 0.3) is 0 Å². The third kappa shape index (κ3) is 2.45. The number of rotatable bonds is 6. The lowest BCUT2D eigenvalue weighted by atomic mass is 10.2. The zero-order valence-corrected chi connectivity index (χ0v) is 9.75. The van der Waals surface area contributed by atoms with Gasteiger partial charge in [0.15, 0.2) is 12.0 Å². The van der Waals surface area contributed by atoms with Crippen LogP contribution in [0.1, 0.15) is 48.6 Å². The van der Waals surface area contributed by atoms with E-state index in [9.17, 15) is 4.79 Å². The Hall–Kier alpha value is -1.27. The summed E-state index contributed by atoms with van der Waals surface area (Å²) < 4.78 is 6.82. The minimum absolute atomic E-state index is 0.0150. The van der Waals surface area contributed by atoms with Crippen molar-refractivity contribution in [1.82, 2.24) is 15.0 Å². The Balaban J connectivity index is 3.08. The minimum Gasteiger partial charge on any atom is -0.396 e. The largest absolute Gasteiger partial charge is 0.396 e. The Bertz CT molecular complexity index is 351. The van der Waals surface area contributed by atoms with E-state index < -0.39 is 0 Å². The molecule has 1 rings (SSSR count). The summed E-state index contributed by atoms with van der Waals surface area (Å²) in [5.41, 5.74) is 0.942. The number of nitrogens with zero attached hydrogens (tertiary/aromatic N) is 3. The Kier molecular flexibility index (Phi) is 4.57. The monoisotopic (exact) mass is 227 g/mol. The van der Waals surface area contributed by atoms with Crippen LogP contribution in [0.4, 0.5) is 0 Å². The van der Waals surface area contributed by atoms with Crippen molar-refractivity contribution >= 4 is 6.29 Å². The van der Waals surface area contributed by atoms with E-state index in [1.165, 1.54) is 0 Å². The number of carbonyl (C=O) groups excluding carboxylic acids is 1. The summed E-state index contributed by atoms with van der Waals surface area (Å²) in [6, 6.07) is -0.0150. The molecule has 0 radical (unpaired) electrons. The molecule has 1 heterocycles. The predicted octanol–water partition coefficient (Wildman–Crippen LogP) is 0.741. The van der Waals surface area contributed by atoms with E-state index in [1.54, 1.807) is 11.8 Å². The zero-order valence-electron chi connectivity index (χ0n) is 9.75. The fourth-order valence-corrected chi connectivity index (χ4v) is 1.54. The van der Waals surface area contributed by atoms with E-state index in [1.807, 2.05) is 13.8 Å². The number of aromatic nitrogens is 3.